The summed E-state index contributed by atoms with van der Waals surface area (Å²) >= 11 is 4.64. The number of amides is 1. The van der Waals surface area contributed by atoms with Gasteiger partial charge in [0.25, 0.3) is 0 Å². The summed E-state index contributed by atoms with van der Waals surface area (Å²) in [6, 6.07) is 0. The maximum absolute atomic E-state index is 10.8. The summed E-state index contributed by atoms with van der Waals surface area (Å²) in [5.41, 5.74) is 0. The Bertz CT molecular complexity index is 159. The average Bonchev–Trinajstić information content (AvgIpc) is 2.31. The van der Waals surface area contributed by atoms with Gasteiger partial charge in [-0.2, -0.15) is 0 Å². The van der Waals surface area contributed by atoms with Gasteiger partial charge < -0.3 is 10.2 Å². The summed E-state index contributed by atoms with van der Waals surface area (Å²) in [5.74, 6) is -0.0838. The Morgan fingerprint density at radius 1 is 1.40 bits per heavy atom. The second-order valence-electron chi connectivity index (χ2n) is 2.88. The normalized spacial score (nSPS) is 9.13. The molecule has 0 unspecified atom stereocenters. The van der Waals surface area contributed by atoms with Crippen molar-refractivity contribution in [3.8, 4) is 0 Å². The first kappa shape index (κ1) is 16.9. The van der Waals surface area contributed by atoms with Crippen molar-refractivity contribution in [2.75, 3.05) is 32.6 Å². The summed E-state index contributed by atoms with van der Waals surface area (Å²) in [5, 5.41) is 2.75. The second kappa shape index (κ2) is 13.5. The van der Waals surface area contributed by atoms with E-state index in [4.69, 9.17) is 0 Å². The molecule has 0 heterocycles. The molecule has 0 aliphatic heterocycles. The van der Waals surface area contributed by atoms with Crippen molar-refractivity contribution in [3.05, 3.63) is 12.7 Å². The molecule has 0 rings (SSSR count). The zero-order valence-corrected chi connectivity index (χ0v) is 10.8. The van der Waals surface area contributed by atoms with Gasteiger partial charge in [-0.05, 0) is 32.1 Å². The van der Waals surface area contributed by atoms with Crippen LogP contribution in [0.25, 0.3) is 0 Å². The number of hydrogen-bond acceptors (Lipinski definition) is 2. The van der Waals surface area contributed by atoms with Gasteiger partial charge in [0.05, 0.1) is 0 Å². The van der Waals surface area contributed by atoms with Gasteiger partial charge in [0.15, 0.2) is 0 Å². The van der Waals surface area contributed by atoms with E-state index in [1.54, 1.807) is 0 Å². The Labute approximate surface area is 98.5 Å². The fourth-order valence-corrected chi connectivity index (χ4v) is 1.13. The highest BCUT2D eigenvalue weighted by Crippen LogP contribution is 1.88. The van der Waals surface area contributed by atoms with Gasteiger partial charge >= 0.3 is 0 Å². The van der Waals surface area contributed by atoms with Gasteiger partial charge in [0, 0.05) is 12.9 Å². The zero-order valence-electron chi connectivity index (χ0n) is 10.1. The van der Waals surface area contributed by atoms with E-state index in [9.17, 15) is 4.79 Å². The SMILES string of the molecule is C=CC(=O)NCCCN(CC)CC.CCl. The van der Waals surface area contributed by atoms with E-state index in [2.05, 4.69) is 42.2 Å². The molecule has 0 atom stereocenters. The molecule has 0 bridgehead atoms. The molecule has 1 amide bonds. The fraction of sp³-hybridized carbons (Fsp3) is 0.727. The van der Waals surface area contributed by atoms with Gasteiger partial charge in [-0.15, -0.1) is 11.6 Å². The molecule has 3 nitrogen and oxygen atoms in total. The third kappa shape index (κ3) is 11.4. The highest BCUT2D eigenvalue weighted by Gasteiger charge is 1.98. The minimum atomic E-state index is -0.0838. The third-order valence-corrected chi connectivity index (χ3v) is 2.03. The van der Waals surface area contributed by atoms with Crippen LogP contribution < -0.4 is 5.32 Å². The van der Waals surface area contributed by atoms with Gasteiger partial charge in [-0.1, -0.05) is 20.4 Å². The van der Waals surface area contributed by atoms with Crippen molar-refractivity contribution in [1.82, 2.24) is 10.2 Å². The molecule has 90 valence electrons. The Morgan fingerprint density at radius 2 is 1.93 bits per heavy atom. The fourth-order valence-electron chi connectivity index (χ4n) is 1.13. The summed E-state index contributed by atoms with van der Waals surface area (Å²) in [4.78, 5) is 13.1. The lowest BCUT2D eigenvalue weighted by atomic mass is 10.3. The molecule has 4 heteroatoms. The lowest BCUT2D eigenvalue weighted by Gasteiger charge is -2.17. The van der Waals surface area contributed by atoms with E-state index in [0.29, 0.717) is 0 Å². The molecular formula is C11H23ClN2O. The first-order valence-electron chi connectivity index (χ1n) is 5.25. The number of rotatable bonds is 7. The van der Waals surface area contributed by atoms with Crippen LogP contribution in [0.2, 0.25) is 0 Å². The van der Waals surface area contributed by atoms with E-state index in [1.807, 2.05) is 0 Å². The monoisotopic (exact) mass is 234 g/mol. The summed E-state index contributed by atoms with van der Waals surface area (Å²) in [6.07, 6.45) is 3.78. The highest BCUT2D eigenvalue weighted by atomic mass is 35.5. The van der Waals surface area contributed by atoms with E-state index < -0.39 is 0 Å². The van der Waals surface area contributed by atoms with Crippen LogP contribution in [0.1, 0.15) is 20.3 Å². The summed E-state index contributed by atoms with van der Waals surface area (Å²) in [7, 11) is 0. The molecule has 0 saturated heterocycles. The molecule has 0 aliphatic rings. The third-order valence-electron chi connectivity index (χ3n) is 2.03. The van der Waals surface area contributed by atoms with Crippen molar-refractivity contribution < 1.29 is 4.79 Å². The predicted octanol–water partition coefficient (Wildman–Crippen LogP) is 1.88. The van der Waals surface area contributed by atoms with Crippen LogP contribution in [-0.4, -0.2) is 43.4 Å². The van der Waals surface area contributed by atoms with E-state index in [1.165, 1.54) is 12.5 Å². The number of hydrogen-bond donors (Lipinski definition) is 1. The number of carbonyl (C=O) groups is 1. The average molecular weight is 235 g/mol. The van der Waals surface area contributed by atoms with Crippen LogP contribution in [0.15, 0.2) is 12.7 Å². The van der Waals surface area contributed by atoms with Crippen LogP contribution in [0.3, 0.4) is 0 Å². The number of nitrogens with zero attached hydrogens (tertiary/aromatic N) is 1. The maximum Gasteiger partial charge on any atom is 0.243 e. The van der Waals surface area contributed by atoms with E-state index in [0.717, 1.165) is 32.6 Å². The van der Waals surface area contributed by atoms with Crippen LogP contribution >= 0.6 is 11.6 Å². The Kier molecular flexibility index (Phi) is 15.1. The molecule has 0 saturated carbocycles. The van der Waals surface area contributed by atoms with Crippen LogP contribution in [0.5, 0.6) is 0 Å². The van der Waals surface area contributed by atoms with E-state index >= 15 is 0 Å². The van der Waals surface area contributed by atoms with Crippen LogP contribution in [-0.2, 0) is 4.79 Å². The standard InChI is InChI=1S/C10H20N2O.CH3Cl/c1-4-10(13)11-8-7-9-12(5-2)6-3;1-2/h4H,1,5-9H2,2-3H3,(H,11,13);1H3. The first-order chi connectivity index (χ1) is 7.24. The molecule has 1 N–H and O–H groups in total. The lowest BCUT2D eigenvalue weighted by Crippen LogP contribution is -2.28. The number of nitrogens with one attached hydrogen (secondary N) is 1. The molecule has 15 heavy (non-hydrogen) atoms. The molecule has 0 fully saturated rings. The maximum atomic E-state index is 10.8. The smallest absolute Gasteiger partial charge is 0.243 e. The van der Waals surface area contributed by atoms with Gasteiger partial charge in [0.2, 0.25) is 5.91 Å². The zero-order chi connectivity index (χ0) is 12.1. The summed E-state index contributed by atoms with van der Waals surface area (Å²) in [6.45, 7) is 11.6. The first-order valence-corrected chi connectivity index (χ1v) is 6.00. The van der Waals surface area contributed by atoms with Crippen molar-refractivity contribution >= 4 is 17.5 Å². The molecular weight excluding hydrogens is 212 g/mol. The Balaban J connectivity index is 0. The minimum Gasteiger partial charge on any atom is -0.353 e. The summed E-state index contributed by atoms with van der Waals surface area (Å²) < 4.78 is 0. The molecule has 0 aromatic rings. The Hall–Kier alpha value is -0.540. The minimum absolute atomic E-state index is 0.0838. The number of alkyl halides is 1. The molecule has 0 aromatic carbocycles. The van der Waals surface area contributed by atoms with Crippen molar-refractivity contribution in [2.45, 2.75) is 20.3 Å². The van der Waals surface area contributed by atoms with Crippen LogP contribution in [0.4, 0.5) is 0 Å². The quantitative estimate of drug-likeness (QED) is 0.415. The molecule has 0 aromatic heterocycles. The van der Waals surface area contributed by atoms with Crippen molar-refractivity contribution in [2.24, 2.45) is 0 Å². The largest absolute Gasteiger partial charge is 0.353 e. The lowest BCUT2D eigenvalue weighted by molar-refractivity contribution is -0.116. The number of carbonyl (C=O) groups excluding carboxylic acids is 1. The predicted molar refractivity (Wildman–Crippen MR) is 67.4 cm³/mol. The molecule has 0 radical (unpaired) electrons. The van der Waals surface area contributed by atoms with Crippen LogP contribution in [0, 0.1) is 0 Å². The van der Waals surface area contributed by atoms with Gasteiger partial charge in [0.1, 0.15) is 0 Å². The van der Waals surface area contributed by atoms with Crippen molar-refractivity contribution in [3.63, 3.8) is 0 Å². The topological polar surface area (TPSA) is 32.3 Å². The Morgan fingerprint density at radius 3 is 2.33 bits per heavy atom. The van der Waals surface area contributed by atoms with Gasteiger partial charge in [-0.3, -0.25) is 4.79 Å². The number of halogens is 1. The highest BCUT2D eigenvalue weighted by molar-refractivity contribution is 6.15. The van der Waals surface area contributed by atoms with Crippen molar-refractivity contribution in [1.29, 1.82) is 0 Å². The van der Waals surface area contributed by atoms with E-state index in [-0.39, 0.29) is 5.91 Å². The molecule has 0 aliphatic carbocycles. The molecule has 0 spiro atoms. The second-order valence-corrected chi connectivity index (χ2v) is 2.88. The van der Waals surface area contributed by atoms with Gasteiger partial charge in [-0.25, -0.2) is 0 Å².